The maximum atomic E-state index is 11.8. The van der Waals surface area contributed by atoms with Crippen molar-refractivity contribution in [3.8, 4) is 11.3 Å². The second kappa shape index (κ2) is 8.00. The number of amides is 2. The van der Waals surface area contributed by atoms with Crippen LogP contribution in [-0.4, -0.2) is 22.6 Å². The highest BCUT2D eigenvalue weighted by atomic mass is 32.2. The van der Waals surface area contributed by atoms with Crippen LogP contribution in [0.4, 0.5) is 0 Å². The van der Waals surface area contributed by atoms with Crippen molar-refractivity contribution in [2.45, 2.75) is 11.3 Å². The van der Waals surface area contributed by atoms with Gasteiger partial charge in [0.2, 0.25) is 5.91 Å². The van der Waals surface area contributed by atoms with Gasteiger partial charge in [0.1, 0.15) is 0 Å². The van der Waals surface area contributed by atoms with Crippen LogP contribution in [0.5, 0.6) is 0 Å². The molecule has 2 N–H and O–H groups in total. The fourth-order valence-corrected chi connectivity index (χ4v) is 3.57. The molecule has 0 unspecified atom stereocenters. The smallest absolute Gasteiger partial charge is 0.305 e. The summed E-state index contributed by atoms with van der Waals surface area (Å²) in [5.74, 6) is -0.536. The Kier molecular flexibility index (Phi) is 5.52. The van der Waals surface area contributed by atoms with Gasteiger partial charge in [-0.05, 0) is 19.1 Å². The van der Waals surface area contributed by atoms with Crippen molar-refractivity contribution in [3.05, 3.63) is 59.4 Å². The molecule has 25 heavy (non-hydrogen) atoms. The Bertz CT molecular complexity index is 858. The van der Waals surface area contributed by atoms with E-state index in [1.165, 1.54) is 41.0 Å². The summed E-state index contributed by atoms with van der Waals surface area (Å²) in [6, 6.07) is 11.2. The van der Waals surface area contributed by atoms with E-state index in [0.717, 1.165) is 15.6 Å². The molecule has 3 aromatic rings. The molecule has 0 bridgehead atoms. The number of nitrogens with zero attached hydrogens (tertiary/aromatic N) is 1. The van der Waals surface area contributed by atoms with Gasteiger partial charge in [-0.1, -0.05) is 41.6 Å². The molecule has 0 spiro atoms. The molecular weight excluding hydrogens is 358 g/mol. The zero-order chi connectivity index (χ0) is 17.6. The number of hydrogen-bond donors (Lipinski definition) is 2. The number of carbonyl (C=O) groups is 2. The second-order valence-electron chi connectivity index (χ2n) is 5.13. The van der Waals surface area contributed by atoms with Crippen LogP contribution < -0.4 is 10.9 Å². The van der Waals surface area contributed by atoms with Gasteiger partial charge in [-0.15, -0.1) is 11.3 Å². The minimum atomic E-state index is -0.501. The number of hydrogen-bond acceptors (Lipinski definition) is 6. The standard InChI is InChI=1S/C17H15N3O3S2/c1-11-4-6-12(7-5-11)13-9-24-17(18-13)25-10-15(21)19-20-16(22)14-3-2-8-23-14/h2-9H,10H2,1H3,(H,19,21)(H,20,22). The van der Waals surface area contributed by atoms with Crippen LogP contribution in [-0.2, 0) is 4.79 Å². The van der Waals surface area contributed by atoms with Gasteiger partial charge >= 0.3 is 5.91 Å². The van der Waals surface area contributed by atoms with E-state index in [2.05, 4.69) is 15.8 Å². The molecule has 0 radical (unpaired) electrons. The predicted molar refractivity (Wildman–Crippen MR) is 97.3 cm³/mol. The third-order valence-electron chi connectivity index (χ3n) is 3.22. The molecule has 0 aliphatic heterocycles. The van der Waals surface area contributed by atoms with Gasteiger partial charge in [0.25, 0.3) is 0 Å². The molecule has 8 heteroatoms. The van der Waals surface area contributed by atoms with E-state index in [9.17, 15) is 9.59 Å². The minimum Gasteiger partial charge on any atom is -0.459 e. The summed E-state index contributed by atoms with van der Waals surface area (Å²) in [5.41, 5.74) is 7.77. The number of hydrazine groups is 1. The summed E-state index contributed by atoms with van der Waals surface area (Å²) >= 11 is 2.80. The fraction of sp³-hybridized carbons (Fsp3) is 0.118. The molecule has 128 valence electrons. The average molecular weight is 373 g/mol. The molecule has 0 saturated heterocycles. The van der Waals surface area contributed by atoms with Crippen LogP contribution in [0.25, 0.3) is 11.3 Å². The topological polar surface area (TPSA) is 84.2 Å². The van der Waals surface area contributed by atoms with E-state index in [1.54, 1.807) is 6.07 Å². The van der Waals surface area contributed by atoms with Gasteiger partial charge in [0.15, 0.2) is 10.1 Å². The Morgan fingerprint density at radius 3 is 2.72 bits per heavy atom. The molecule has 0 aliphatic carbocycles. The van der Waals surface area contributed by atoms with Crippen LogP contribution in [0.1, 0.15) is 16.1 Å². The maximum Gasteiger partial charge on any atom is 0.305 e. The molecular formula is C17H15N3O3S2. The van der Waals surface area contributed by atoms with Crippen molar-refractivity contribution in [1.29, 1.82) is 0 Å². The van der Waals surface area contributed by atoms with Crippen molar-refractivity contribution in [2.75, 3.05) is 5.75 Å². The van der Waals surface area contributed by atoms with E-state index in [0.29, 0.717) is 0 Å². The highest BCUT2D eigenvalue weighted by molar-refractivity contribution is 8.01. The Morgan fingerprint density at radius 2 is 2.00 bits per heavy atom. The van der Waals surface area contributed by atoms with Gasteiger partial charge < -0.3 is 4.42 Å². The normalized spacial score (nSPS) is 10.4. The molecule has 2 amide bonds. The number of aromatic nitrogens is 1. The number of carbonyl (C=O) groups excluding carboxylic acids is 2. The lowest BCUT2D eigenvalue weighted by Gasteiger charge is -2.04. The van der Waals surface area contributed by atoms with E-state index in [-0.39, 0.29) is 17.4 Å². The van der Waals surface area contributed by atoms with Crippen LogP contribution in [0, 0.1) is 6.92 Å². The quantitative estimate of drug-likeness (QED) is 0.530. The summed E-state index contributed by atoms with van der Waals surface area (Å²) < 4.78 is 5.73. The largest absolute Gasteiger partial charge is 0.459 e. The lowest BCUT2D eigenvalue weighted by molar-refractivity contribution is -0.119. The summed E-state index contributed by atoms with van der Waals surface area (Å²) in [6.45, 7) is 2.04. The molecule has 0 atom stereocenters. The first-order valence-electron chi connectivity index (χ1n) is 7.40. The number of furan rings is 1. The number of aryl methyl sites for hydroxylation is 1. The number of rotatable bonds is 5. The van der Waals surface area contributed by atoms with Gasteiger partial charge in [-0.3, -0.25) is 20.4 Å². The number of benzene rings is 1. The van der Waals surface area contributed by atoms with Crippen molar-refractivity contribution < 1.29 is 14.0 Å². The van der Waals surface area contributed by atoms with Crippen molar-refractivity contribution in [2.24, 2.45) is 0 Å². The van der Waals surface area contributed by atoms with Crippen molar-refractivity contribution >= 4 is 34.9 Å². The molecule has 6 nitrogen and oxygen atoms in total. The molecule has 0 aliphatic rings. The summed E-state index contributed by atoms with van der Waals surface area (Å²) in [7, 11) is 0. The van der Waals surface area contributed by atoms with Gasteiger partial charge in [0.05, 0.1) is 17.7 Å². The second-order valence-corrected chi connectivity index (χ2v) is 7.21. The molecule has 2 heterocycles. The monoisotopic (exact) mass is 373 g/mol. The van der Waals surface area contributed by atoms with E-state index >= 15 is 0 Å². The number of thioether (sulfide) groups is 1. The van der Waals surface area contributed by atoms with Gasteiger partial charge in [-0.2, -0.15) is 0 Å². The number of nitrogens with one attached hydrogen (secondary N) is 2. The van der Waals surface area contributed by atoms with Gasteiger partial charge in [0, 0.05) is 10.9 Å². The SMILES string of the molecule is Cc1ccc(-c2csc(SCC(=O)NNC(=O)c3ccco3)n2)cc1. The fourth-order valence-electron chi connectivity index (χ4n) is 1.94. The lowest BCUT2D eigenvalue weighted by atomic mass is 10.1. The Balaban J connectivity index is 1.48. The Hall–Kier alpha value is -2.58. The Labute approximate surface area is 152 Å². The zero-order valence-electron chi connectivity index (χ0n) is 13.3. The van der Waals surface area contributed by atoms with Crippen LogP contribution in [0.3, 0.4) is 0 Å². The highest BCUT2D eigenvalue weighted by Gasteiger charge is 2.11. The summed E-state index contributed by atoms with van der Waals surface area (Å²) in [6.07, 6.45) is 1.39. The lowest BCUT2D eigenvalue weighted by Crippen LogP contribution is -2.42. The van der Waals surface area contributed by atoms with Crippen molar-refractivity contribution in [1.82, 2.24) is 15.8 Å². The van der Waals surface area contributed by atoms with Crippen LogP contribution in [0.15, 0.2) is 56.8 Å². The molecule has 0 saturated carbocycles. The first kappa shape index (κ1) is 17.2. The molecule has 1 aromatic carbocycles. The first-order valence-corrected chi connectivity index (χ1v) is 9.26. The average Bonchev–Trinajstić information content (AvgIpc) is 3.30. The minimum absolute atomic E-state index is 0.135. The van der Waals surface area contributed by atoms with Gasteiger partial charge in [-0.25, -0.2) is 4.98 Å². The third-order valence-corrected chi connectivity index (χ3v) is 5.24. The van der Waals surface area contributed by atoms with Crippen LogP contribution >= 0.6 is 23.1 Å². The van der Waals surface area contributed by atoms with Crippen LogP contribution in [0.2, 0.25) is 0 Å². The third kappa shape index (κ3) is 4.71. The molecule has 0 fully saturated rings. The summed E-state index contributed by atoms with van der Waals surface area (Å²) in [4.78, 5) is 28.0. The number of thiazole rings is 1. The van der Waals surface area contributed by atoms with E-state index in [4.69, 9.17) is 4.42 Å². The summed E-state index contributed by atoms with van der Waals surface area (Å²) in [5, 5.41) is 1.96. The molecule has 3 rings (SSSR count). The van der Waals surface area contributed by atoms with Crippen molar-refractivity contribution in [3.63, 3.8) is 0 Å². The first-order chi connectivity index (χ1) is 12.1. The molecule has 2 aromatic heterocycles. The highest BCUT2D eigenvalue weighted by Crippen LogP contribution is 2.28. The predicted octanol–water partition coefficient (Wildman–Crippen LogP) is 3.26. The van der Waals surface area contributed by atoms with E-state index < -0.39 is 5.91 Å². The Morgan fingerprint density at radius 1 is 1.20 bits per heavy atom. The zero-order valence-corrected chi connectivity index (χ0v) is 14.9. The maximum absolute atomic E-state index is 11.8. The van der Waals surface area contributed by atoms with E-state index in [1.807, 2.05) is 36.6 Å².